The Hall–Kier alpha value is -0.973. The Morgan fingerprint density at radius 2 is 2.00 bits per heavy atom. The van der Waals surface area contributed by atoms with Crippen LogP contribution in [-0.4, -0.2) is 19.2 Å². The smallest absolute Gasteiger partial charge is 1.00 e. The van der Waals surface area contributed by atoms with Gasteiger partial charge in [-0.05, 0) is 63.0 Å². The fourth-order valence-electron chi connectivity index (χ4n) is 3.06. The van der Waals surface area contributed by atoms with Crippen LogP contribution in [-0.2, 0) is 0 Å². The van der Waals surface area contributed by atoms with Crippen molar-refractivity contribution >= 4 is 31.0 Å². The average molecular weight is 429 g/mol. The van der Waals surface area contributed by atoms with Gasteiger partial charge in [0.15, 0.2) is 5.52 Å². The second-order valence-electron chi connectivity index (χ2n) is 6.98. The van der Waals surface area contributed by atoms with Gasteiger partial charge in [0.1, 0.15) is 11.5 Å². The Morgan fingerprint density at radius 3 is 2.62 bits per heavy atom. The number of aryl methyl sites for hydroxylation is 1. The number of hydrogen-bond acceptors (Lipinski definition) is 3. The Morgan fingerprint density at radius 1 is 1.24 bits per heavy atom. The van der Waals surface area contributed by atoms with E-state index in [-0.39, 0.29) is 34.4 Å². The van der Waals surface area contributed by atoms with Crippen LogP contribution in [0.3, 0.4) is 0 Å². The number of unbranched alkanes of at least 4 members (excludes halogenated alkanes) is 1. The predicted octanol–water partition coefficient (Wildman–Crippen LogP) is 3.51. The SMILES string of the molecule is CCCCC(CC)COc1ccc(PC(=O)c2c(Cl)cccc2OC)c(C)c1.[H-].[Li+]. The van der Waals surface area contributed by atoms with Gasteiger partial charge in [-0.25, -0.2) is 0 Å². The van der Waals surface area contributed by atoms with Crippen LogP contribution in [0.25, 0.3) is 0 Å². The van der Waals surface area contributed by atoms with Gasteiger partial charge in [-0.3, -0.25) is 4.79 Å². The van der Waals surface area contributed by atoms with E-state index < -0.39 is 0 Å². The summed E-state index contributed by atoms with van der Waals surface area (Å²) >= 11 is 6.24. The number of hydrogen-bond donors (Lipinski definition) is 0. The van der Waals surface area contributed by atoms with E-state index in [0.717, 1.165) is 29.6 Å². The van der Waals surface area contributed by atoms with E-state index in [2.05, 4.69) is 13.8 Å². The molecule has 0 aliphatic heterocycles. The summed E-state index contributed by atoms with van der Waals surface area (Å²) < 4.78 is 11.3. The average Bonchev–Trinajstić information content (AvgIpc) is 2.69. The molecular weight excluding hydrogens is 398 g/mol. The molecule has 0 heterocycles. The van der Waals surface area contributed by atoms with Crippen LogP contribution < -0.4 is 33.6 Å². The van der Waals surface area contributed by atoms with Crippen LogP contribution in [0.4, 0.5) is 0 Å². The molecule has 6 heteroatoms. The van der Waals surface area contributed by atoms with Gasteiger partial charge in [-0.2, -0.15) is 0 Å². The first-order valence-corrected chi connectivity index (χ1v) is 11.2. The maximum Gasteiger partial charge on any atom is 1.00 e. The van der Waals surface area contributed by atoms with Crippen molar-refractivity contribution in [2.75, 3.05) is 13.7 Å². The Labute approximate surface area is 195 Å². The van der Waals surface area contributed by atoms with Gasteiger partial charge in [-0.1, -0.05) is 56.8 Å². The fraction of sp³-hybridized carbons (Fsp3) is 0.435. The number of halogens is 1. The van der Waals surface area contributed by atoms with Crippen molar-refractivity contribution in [3.05, 3.63) is 52.5 Å². The molecule has 2 rings (SSSR count). The minimum Gasteiger partial charge on any atom is -1.00 e. The molecule has 0 N–H and O–H groups in total. The first kappa shape index (κ1) is 26.1. The van der Waals surface area contributed by atoms with Crippen LogP contribution in [0.15, 0.2) is 36.4 Å². The van der Waals surface area contributed by atoms with Gasteiger partial charge in [-0.15, -0.1) is 0 Å². The number of rotatable bonds is 11. The maximum atomic E-state index is 12.8. The molecule has 2 unspecified atom stereocenters. The van der Waals surface area contributed by atoms with Gasteiger partial charge >= 0.3 is 18.9 Å². The molecule has 2 aromatic carbocycles. The third-order valence-corrected chi connectivity index (χ3v) is 6.52. The Balaban J connectivity index is 0.00000420. The van der Waals surface area contributed by atoms with Crippen LogP contribution in [0.2, 0.25) is 5.02 Å². The van der Waals surface area contributed by atoms with Crippen molar-refractivity contribution < 1.29 is 34.6 Å². The molecule has 0 aliphatic rings. The Kier molecular flexibility index (Phi) is 12.0. The molecule has 0 saturated carbocycles. The molecule has 0 saturated heterocycles. The largest absolute Gasteiger partial charge is 1.00 e. The van der Waals surface area contributed by atoms with E-state index in [4.69, 9.17) is 21.1 Å². The zero-order valence-corrected chi connectivity index (χ0v) is 19.9. The number of ether oxygens (including phenoxy) is 2. The third kappa shape index (κ3) is 7.65. The van der Waals surface area contributed by atoms with Crippen molar-refractivity contribution in [3.8, 4) is 11.5 Å². The summed E-state index contributed by atoms with van der Waals surface area (Å²) in [5, 5.41) is 1.42. The number of methoxy groups -OCH3 is 1. The van der Waals surface area contributed by atoms with Gasteiger partial charge in [0, 0.05) is 0 Å². The maximum absolute atomic E-state index is 12.8. The van der Waals surface area contributed by atoms with Crippen LogP contribution >= 0.6 is 20.2 Å². The normalized spacial score (nSPS) is 11.9. The summed E-state index contributed by atoms with van der Waals surface area (Å²) in [6, 6.07) is 11.2. The summed E-state index contributed by atoms with van der Waals surface area (Å²) in [6.45, 7) is 7.19. The van der Waals surface area contributed by atoms with Crippen molar-refractivity contribution in [2.45, 2.75) is 46.5 Å². The second-order valence-corrected chi connectivity index (χ2v) is 8.63. The van der Waals surface area contributed by atoms with Gasteiger partial charge in [0.05, 0.1) is 24.3 Å². The summed E-state index contributed by atoms with van der Waals surface area (Å²) in [6.07, 6.45) is 4.80. The Bertz CT molecular complexity index is 804. The van der Waals surface area contributed by atoms with Crippen molar-refractivity contribution in [1.82, 2.24) is 0 Å². The summed E-state index contributed by atoms with van der Waals surface area (Å²) in [7, 11) is 1.53. The van der Waals surface area contributed by atoms with Gasteiger partial charge in [0.25, 0.3) is 0 Å². The zero-order valence-electron chi connectivity index (χ0n) is 19.2. The molecular formula is C23H31ClLiO3P. The van der Waals surface area contributed by atoms with E-state index in [9.17, 15) is 4.79 Å². The van der Waals surface area contributed by atoms with Crippen molar-refractivity contribution in [2.24, 2.45) is 5.92 Å². The molecule has 0 radical (unpaired) electrons. The summed E-state index contributed by atoms with van der Waals surface area (Å²) in [5.74, 6) is 1.97. The quantitative estimate of drug-likeness (QED) is 0.406. The molecule has 0 fully saturated rings. The van der Waals surface area contributed by atoms with Crippen LogP contribution in [0, 0.1) is 12.8 Å². The molecule has 2 aromatic rings. The number of carbonyl (C=O) groups excluding carboxylic acids is 1. The second kappa shape index (κ2) is 13.4. The molecule has 0 bridgehead atoms. The number of benzene rings is 2. The molecule has 0 aromatic heterocycles. The van der Waals surface area contributed by atoms with E-state index in [1.54, 1.807) is 25.3 Å². The van der Waals surface area contributed by atoms with Gasteiger partial charge in [0.2, 0.25) is 0 Å². The molecule has 0 spiro atoms. The molecule has 0 amide bonds. The van der Waals surface area contributed by atoms with E-state index >= 15 is 0 Å². The van der Waals surface area contributed by atoms with E-state index in [0.29, 0.717) is 22.3 Å². The van der Waals surface area contributed by atoms with Gasteiger partial charge < -0.3 is 10.9 Å². The van der Waals surface area contributed by atoms with Crippen molar-refractivity contribution in [1.29, 1.82) is 0 Å². The first-order chi connectivity index (χ1) is 13.5. The minimum atomic E-state index is -0.0233. The first-order valence-electron chi connectivity index (χ1n) is 9.87. The van der Waals surface area contributed by atoms with E-state index in [1.807, 2.05) is 25.1 Å². The topological polar surface area (TPSA) is 35.5 Å². The molecule has 154 valence electrons. The monoisotopic (exact) mass is 428 g/mol. The number of carbonyl (C=O) groups is 1. The molecule has 3 nitrogen and oxygen atoms in total. The summed E-state index contributed by atoms with van der Waals surface area (Å²) in [4.78, 5) is 12.8. The zero-order chi connectivity index (χ0) is 20.5. The van der Waals surface area contributed by atoms with Crippen LogP contribution in [0.1, 0.15) is 56.9 Å². The predicted molar refractivity (Wildman–Crippen MR) is 121 cm³/mol. The van der Waals surface area contributed by atoms with E-state index in [1.165, 1.54) is 19.3 Å². The molecule has 2 atom stereocenters. The van der Waals surface area contributed by atoms with Crippen molar-refractivity contribution in [3.63, 3.8) is 0 Å². The summed E-state index contributed by atoms with van der Waals surface area (Å²) in [5.41, 5.74) is 1.48. The van der Waals surface area contributed by atoms with Crippen LogP contribution in [0.5, 0.6) is 11.5 Å². The fourth-order valence-corrected chi connectivity index (χ4v) is 4.45. The standard InChI is InChI=1S/C23H30ClO3P.Li.H/c1-5-7-9-17(6-2)15-27-18-12-13-21(16(3)14-18)28-23(25)22-19(24)10-8-11-20(22)26-4;;/h8,10-14,17,28H,5-7,9,15H2,1-4H3;;/q;+1;-1. The molecule has 0 aliphatic carbocycles. The third-order valence-electron chi connectivity index (χ3n) is 4.90. The molecule has 29 heavy (non-hydrogen) atoms. The minimum absolute atomic E-state index is 0.